The lowest BCUT2D eigenvalue weighted by Crippen LogP contribution is -2.42. The van der Waals surface area contributed by atoms with Crippen LogP contribution in [0.5, 0.6) is 0 Å². The zero-order chi connectivity index (χ0) is 11.9. The predicted molar refractivity (Wildman–Crippen MR) is 64.8 cm³/mol. The Morgan fingerprint density at radius 2 is 2.25 bits per heavy atom. The van der Waals surface area contributed by atoms with E-state index in [1.165, 1.54) is 0 Å². The molecule has 1 saturated heterocycles. The van der Waals surface area contributed by atoms with E-state index in [0.717, 1.165) is 25.8 Å². The van der Waals surface area contributed by atoms with Crippen LogP contribution in [0.4, 0.5) is 0 Å². The van der Waals surface area contributed by atoms with Gasteiger partial charge in [-0.3, -0.25) is 4.79 Å². The lowest BCUT2D eigenvalue weighted by Gasteiger charge is -2.22. The minimum Gasteiger partial charge on any atom is -0.393 e. The maximum atomic E-state index is 12.2. The summed E-state index contributed by atoms with van der Waals surface area (Å²) in [5, 5.41) is 9.49. The number of carbonyl (C=O) groups is 1. The summed E-state index contributed by atoms with van der Waals surface area (Å²) in [4.78, 5) is 14.4. The van der Waals surface area contributed by atoms with Gasteiger partial charge in [-0.25, -0.2) is 0 Å². The van der Waals surface area contributed by atoms with Crippen LogP contribution in [0.15, 0.2) is 0 Å². The highest BCUT2D eigenvalue weighted by Gasteiger charge is 2.55. The average Bonchev–Trinajstić information content (AvgIpc) is 2.88. The molecule has 1 heterocycles. The molecule has 0 radical (unpaired) electrons. The van der Waals surface area contributed by atoms with E-state index in [2.05, 4.69) is 0 Å². The Kier molecular flexibility index (Phi) is 2.92. The number of aliphatic hydroxyl groups is 1. The van der Waals surface area contributed by atoms with Crippen molar-refractivity contribution in [1.29, 1.82) is 0 Å². The molecule has 1 aliphatic heterocycles. The summed E-state index contributed by atoms with van der Waals surface area (Å²) in [6.07, 6.45) is 2.10. The summed E-state index contributed by atoms with van der Waals surface area (Å²) < 4.78 is 0. The van der Waals surface area contributed by atoms with E-state index >= 15 is 0 Å². The molecule has 2 unspecified atom stereocenters. The topological polar surface area (TPSA) is 66.6 Å². The van der Waals surface area contributed by atoms with Crippen LogP contribution in [-0.4, -0.2) is 40.1 Å². The second kappa shape index (κ2) is 3.96. The Hall–Kier alpha value is -0.680. The largest absolute Gasteiger partial charge is 0.393 e. The lowest BCUT2D eigenvalue weighted by atomic mass is 10.0. The number of hydrogen-bond donors (Lipinski definition) is 2. The smallest absolute Gasteiger partial charge is 0.235 e. The predicted octanol–water partition coefficient (Wildman–Crippen LogP) is 0.282. The van der Waals surface area contributed by atoms with Gasteiger partial charge in [0, 0.05) is 19.0 Å². The van der Waals surface area contributed by atoms with E-state index in [9.17, 15) is 9.90 Å². The molecular formula is C11H18N2O2S. The molecule has 0 bridgehead atoms. The third-order valence-electron chi connectivity index (χ3n) is 3.83. The van der Waals surface area contributed by atoms with Crippen LogP contribution in [0.2, 0.25) is 0 Å². The number of aliphatic hydroxyl groups excluding tert-OH is 1. The Balaban J connectivity index is 2.00. The zero-order valence-corrected chi connectivity index (χ0v) is 10.3. The van der Waals surface area contributed by atoms with Gasteiger partial charge in [0.05, 0.1) is 16.5 Å². The first-order chi connectivity index (χ1) is 7.47. The SMILES string of the molecule is CC(O)C1CCN(C(=O)C2(C(N)=S)CC2)C1. The van der Waals surface area contributed by atoms with Crippen molar-refractivity contribution in [2.24, 2.45) is 17.1 Å². The van der Waals surface area contributed by atoms with Gasteiger partial charge in [0.15, 0.2) is 0 Å². The van der Waals surface area contributed by atoms with Crippen molar-refractivity contribution < 1.29 is 9.90 Å². The number of nitrogens with zero attached hydrogens (tertiary/aromatic N) is 1. The average molecular weight is 242 g/mol. The van der Waals surface area contributed by atoms with Gasteiger partial charge in [-0.05, 0) is 26.2 Å². The van der Waals surface area contributed by atoms with Gasteiger partial charge in [-0.15, -0.1) is 0 Å². The Bertz CT molecular complexity index is 326. The number of carbonyl (C=O) groups excluding carboxylic acids is 1. The van der Waals surface area contributed by atoms with Crippen molar-refractivity contribution in [1.82, 2.24) is 4.90 Å². The van der Waals surface area contributed by atoms with Crippen molar-refractivity contribution in [3.63, 3.8) is 0 Å². The van der Waals surface area contributed by atoms with E-state index in [0.29, 0.717) is 11.5 Å². The number of amides is 1. The third-order valence-corrected chi connectivity index (χ3v) is 4.22. The number of likely N-dealkylation sites (tertiary alicyclic amines) is 1. The zero-order valence-electron chi connectivity index (χ0n) is 9.48. The molecule has 2 rings (SSSR count). The van der Waals surface area contributed by atoms with E-state index in [-0.39, 0.29) is 17.9 Å². The fourth-order valence-electron chi connectivity index (χ4n) is 2.36. The van der Waals surface area contributed by atoms with Crippen LogP contribution in [0.1, 0.15) is 26.2 Å². The highest BCUT2D eigenvalue weighted by molar-refractivity contribution is 7.80. The minimum atomic E-state index is -0.539. The van der Waals surface area contributed by atoms with Gasteiger partial charge in [0.1, 0.15) is 0 Å². The monoisotopic (exact) mass is 242 g/mol. The molecule has 2 aliphatic rings. The van der Waals surface area contributed by atoms with Crippen LogP contribution >= 0.6 is 12.2 Å². The Morgan fingerprint density at radius 3 is 2.62 bits per heavy atom. The van der Waals surface area contributed by atoms with Crippen LogP contribution in [0, 0.1) is 11.3 Å². The molecule has 0 aromatic heterocycles. The molecule has 1 amide bonds. The number of nitrogens with two attached hydrogens (primary N) is 1. The van der Waals surface area contributed by atoms with Gasteiger partial charge in [0.25, 0.3) is 0 Å². The Morgan fingerprint density at radius 1 is 1.62 bits per heavy atom. The summed E-state index contributed by atoms with van der Waals surface area (Å²) in [5.41, 5.74) is 5.09. The van der Waals surface area contributed by atoms with Crippen molar-refractivity contribution in [3.8, 4) is 0 Å². The number of thiocarbonyl (C=S) groups is 1. The fraction of sp³-hybridized carbons (Fsp3) is 0.818. The third kappa shape index (κ3) is 1.82. The molecular weight excluding hydrogens is 224 g/mol. The van der Waals surface area contributed by atoms with Crippen molar-refractivity contribution in [2.45, 2.75) is 32.3 Å². The summed E-state index contributed by atoms with van der Waals surface area (Å²) in [7, 11) is 0. The normalized spacial score (nSPS) is 28.9. The molecule has 2 atom stereocenters. The summed E-state index contributed by atoms with van der Waals surface area (Å²) >= 11 is 4.97. The first-order valence-electron chi connectivity index (χ1n) is 5.75. The first kappa shape index (κ1) is 11.8. The summed E-state index contributed by atoms with van der Waals surface area (Å²) in [6, 6.07) is 0. The van der Waals surface area contributed by atoms with Gasteiger partial charge in [0.2, 0.25) is 5.91 Å². The molecule has 4 nitrogen and oxygen atoms in total. The molecule has 0 spiro atoms. The van der Waals surface area contributed by atoms with Gasteiger partial charge < -0.3 is 15.7 Å². The molecule has 90 valence electrons. The maximum Gasteiger partial charge on any atom is 0.235 e. The minimum absolute atomic E-state index is 0.0724. The Labute approximate surface area is 101 Å². The molecule has 1 saturated carbocycles. The molecule has 1 aliphatic carbocycles. The van der Waals surface area contributed by atoms with Crippen LogP contribution < -0.4 is 5.73 Å². The van der Waals surface area contributed by atoms with E-state index < -0.39 is 5.41 Å². The highest BCUT2D eigenvalue weighted by atomic mass is 32.1. The van der Waals surface area contributed by atoms with Crippen LogP contribution in [0.25, 0.3) is 0 Å². The number of hydrogen-bond acceptors (Lipinski definition) is 3. The molecule has 0 aromatic rings. The van der Waals surface area contributed by atoms with E-state index in [4.69, 9.17) is 18.0 Å². The van der Waals surface area contributed by atoms with Crippen molar-refractivity contribution in [2.75, 3.05) is 13.1 Å². The summed E-state index contributed by atoms with van der Waals surface area (Å²) in [5.74, 6) is 0.272. The summed E-state index contributed by atoms with van der Waals surface area (Å²) in [6.45, 7) is 3.14. The standard InChI is InChI=1S/C11H18N2O2S/c1-7(14)8-2-5-13(6-8)10(15)11(3-4-11)9(12)16/h7-8,14H,2-6H2,1H3,(H2,12,16). The first-order valence-corrected chi connectivity index (χ1v) is 6.15. The molecule has 16 heavy (non-hydrogen) atoms. The van der Waals surface area contributed by atoms with Crippen LogP contribution in [-0.2, 0) is 4.79 Å². The van der Waals surface area contributed by atoms with E-state index in [1.807, 2.05) is 4.90 Å². The molecule has 2 fully saturated rings. The second-order valence-electron chi connectivity index (χ2n) is 4.99. The second-order valence-corrected chi connectivity index (χ2v) is 5.43. The quantitative estimate of drug-likeness (QED) is 0.698. The molecule has 5 heteroatoms. The van der Waals surface area contributed by atoms with E-state index in [1.54, 1.807) is 6.92 Å². The van der Waals surface area contributed by atoms with Gasteiger partial charge in [-0.1, -0.05) is 12.2 Å². The van der Waals surface area contributed by atoms with Gasteiger partial charge >= 0.3 is 0 Å². The van der Waals surface area contributed by atoms with Gasteiger partial charge in [-0.2, -0.15) is 0 Å². The maximum absolute atomic E-state index is 12.2. The van der Waals surface area contributed by atoms with Crippen molar-refractivity contribution >= 4 is 23.1 Å². The number of rotatable bonds is 3. The van der Waals surface area contributed by atoms with Crippen molar-refractivity contribution in [3.05, 3.63) is 0 Å². The molecule has 3 N–H and O–H groups in total. The lowest BCUT2D eigenvalue weighted by molar-refractivity contribution is -0.133. The highest BCUT2D eigenvalue weighted by Crippen LogP contribution is 2.48. The fourth-order valence-corrected chi connectivity index (χ4v) is 2.65. The van der Waals surface area contributed by atoms with Crippen LogP contribution in [0.3, 0.4) is 0 Å². The molecule has 0 aromatic carbocycles.